The number of nitrogens with zero attached hydrogens (tertiary/aromatic N) is 1. The van der Waals surface area contributed by atoms with Gasteiger partial charge in [0.05, 0.1) is 6.61 Å². The third kappa shape index (κ3) is 6.03. The van der Waals surface area contributed by atoms with Gasteiger partial charge in [0.1, 0.15) is 5.75 Å². The number of para-hydroxylation sites is 1. The molecule has 1 heterocycles. The molecule has 5 heteroatoms. The number of piperazine rings is 1. The summed E-state index contributed by atoms with van der Waals surface area (Å²) in [5.41, 5.74) is 1.13. The van der Waals surface area contributed by atoms with Crippen LogP contribution in [0.4, 0.5) is 0 Å². The molecular weight excluding hydrogens is 278 g/mol. The highest BCUT2D eigenvalue weighted by molar-refractivity contribution is 5.75. The molecule has 1 aromatic rings. The molecule has 0 unspecified atom stereocenters. The fourth-order valence-electron chi connectivity index (χ4n) is 2.51. The van der Waals surface area contributed by atoms with E-state index in [1.54, 1.807) is 0 Å². The molecule has 22 heavy (non-hydrogen) atoms. The average Bonchev–Trinajstić information content (AvgIpc) is 2.54. The lowest BCUT2D eigenvalue weighted by atomic mass is 10.2. The molecule has 1 fully saturated rings. The van der Waals surface area contributed by atoms with Crippen LogP contribution >= 0.6 is 0 Å². The molecule has 0 atom stereocenters. The predicted molar refractivity (Wildman–Crippen MR) is 88.2 cm³/mol. The van der Waals surface area contributed by atoms with Gasteiger partial charge < -0.3 is 15.4 Å². The SMILES string of the molecule is Cc1ccccc1OCCCC(=O)NCCN1CCNCC1. The number of nitrogens with one attached hydrogen (secondary N) is 2. The van der Waals surface area contributed by atoms with Gasteiger partial charge in [-0.05, 0) is 25.0 Å². The van der Waals surface area contributed by atoms with Gasteiger partial charge in [-0.15, -0.1) is 0 Å². The van der Waals surface area contributed by atoms with E-state index in [4.69, 9.17) is 4.74 Å². The number of benzene rings is 1. The second-order valence-corrected chi connectivity index (χ2v) is 5.66. The average molecular weight is 305 g/mol. The van der Waals surface area contributed by atoms with Crippen molar-refractivity contribution < 1.29 is 9.53 Å². The minimum Gasteiger partial charge on any atom is -0.493 e. The molecule has 0 bridgehead atoms. The Morgan fingerprint density at radius 3 is 2.86 bits per heavy atom. The van der Waals surface area contributed by atoms with Crippen LogP contribution in [0.1, 0.15) is 18.4 Å². The van der Waals surface area contributed by atoms with E-state index >= 15 is 0 Å². The van der Waals surface area contributed by atoms with Crippen molar-refractivity contribution in [1.82, 2.24) is 15.5 Å². The first-order valence-corrected chi connectivity index (χ1v) is 8.14. The second kappa shape index (κ2) is 9.43. The van der Waals surface area contributed by atoms with Gasteiger partial charge in [0.15, 0.2) is 0 Å². The van der Waals surface area contributed by atoms with Gasteiger partial charge in [0.2, 0.25) is 5.91 Å². The van der Waals surface area contributed by atoms with Gasteiger partial charge in [-0.25, -0.2) is 0 Å². The van der Waals surface area contributed by atoms with E-state index in [-0.39, 0.29) is 5.91 Å². The molecule has 1 aliphatic heterocycles. The Hall–Kier alpha value is -1.59. The highest BCUT2D eigenvalue weighted by Crippen LogP contribution is 2.16. The van der Waals surface area contributed by atoms with Crippen molar-refractivity contribution >= 4 is 5.91 Å². The summed E-state index contributed by atoms with van der Waals surface area (Å²) in [4.78, 5) is 14.1. The zero-order chi connectivity index (χ0) is 15.6. The highest BCUT2D eigenvalue weighted by Gasteiger charge is 2.09. The van der Waals surface area contributed by atoms with Crippen LogP contribution in [0.3, 0.4) is 0 Å². The van der Waals surface area contributed by atoms with Crippen LogP contribution in [-0.2, 0) is 4.79 Å². The van der Waals surface area contributed by atoms with Gasteiger partial charge in [-0.2, -0.15) is 0 Å². The monoisotopic (exact) mass is 305 g/mol. The van der Waals surface area contributed by atoms with Crippen LogP contribution in [0.15, 0.2) is 24.3 Å². The molecule has 0 aliphatic carbocycles. The summed E-state index contributed by atoms with van der Waals surface area (Å²) < 4.78 is 5.69. The van der Waals surface area contributed by atoms with E-state index in [0.717, 1.165) is 57.0 Å². The smallest absolute Gasteiger partial charge is 0.220 e. The first-order valence-electron chi connectivity index (χ1n) is 8.14. The summed E-state index contributed by atoms with van der Waals surface area (Å²) in [6.07, 6.45) is 1.27. The van der Waals surface area contributed by atoms with Gasteiger partial charge >= 0.3 is 0 Å². The van der Waals surface area contributed by atoms with Gasteiger partial charge in [-0.3, -0.25) is 9.69 Å². The zero-order valence-corrected chi connectivity index (χ0v) is 13.4. The highest BCUT2D eigenvalue weighted by atomic mass is 16.5. The lowest BCUT2D eigenvalue weighted by Crippen LogP contribution is -2.46. The molecule has 5 nitrogen and oxygen atoms in total. The maximum atomic E-state index is 11.8. The third-order valence-corrected chi connectivity index (χ3v) is 3.86. The summed E-state index contributed by atoms with van der Waals surface area (Å²) in [7, 11) is 0. The number of carbonyl (C=O) groups excluding carboxylic acids is 1. The maximum Gasteiger partial charge on any atom is 0.220 e. The van der Waals surface area contributed by atoms with Crippen molar-refractivity contribution in [3.8, 4) is 5.75 Å². The molecule has 2 N–H and O–H groups in total. The Labute approximate surface area is 133 Å². The number of carbonyl (C=O) groups is 1. The van der Waals surface area contributed by atoms with E-state index < -0.39 is 0 Å². The van der Waals surface area contributed by atoms with Gasteiger partial charge in [0.25, 0.3) is 0 Å². The molecule has 1 aromatic carbocycles. The van der Waals surface area contributed by atoms with Crippen LogP contribution in [0.5, 0.6) is 5.75 Å². The fraction of sp³-hybridized carbons (Fsp3) is 0.588. The first kappa shape index (κ1) is 16.8. The van der Waals surface area contributed by atoms with Crippen molar-refractivity contribution in [3.05, 3.63) is 29.8 Å². The minimum absolute atomic E-state index is 0.114. The summed E-state index contributed by atoms with van der Waals surface area (Å²) in [5, 5.41) is 6.31. The van der Waals surface area contributed by atoms with Crippen molar-refractivity contribution in [2.75, 3.05) is 45.9 Å². The van der Waals surface area contributed by atoms with E-state index in [1.165, 1.54) is 0 Å². The molecule has 2 rings (SSSR count). The first-order chi connectivity index (χ1) is 10.8. The van der Waals surface area contributed by atoms with E-state index in [9.17, 15) is 4.79 Å². The maximum absolute atomic E-state index is 11.8. The normalized spacial score (nSPS) is 15.5. The van der Waals surface area contributed by atoms with E-state index in [0.29, 0.717) is 13.0 Å². The van der Waals surface area contributed by atoms with Crippen LogP contribution in [-0.4, -0.2) is 56.7 Å². The fourth-order valence-corrected chi connectivity index (χ4v) is 2.51. The number of ether oxygens (including phenoxy) is 1. The molecule has 122 valence electrons. The summed E-state index contributed by atoms with van der Waals surface area (Å²) in [5.74, 6) is 1.02. The number of amides is 1. The standard InChI is InChI=1S/C17H27N3O2/c1-15-5-2-3-6-16(15)22-14-4-7-17(21)19-10-13-20-11-8-18-9-12-20/h2-3,5-6,18H,4,7-14H2,1H3,(H,19,21). The molecule has 1 aliphatic rings. The Morgan fingerprint density at radius 1 is 1.32 bits per heavy atom. The number of hydrogen-bond donors (Lipinski definition) is 2. The summed E-state index contributed by atoms with van der Waals surface area (Å²) in [6, 6.07) is 7.94. The minimum atomic E-state index is 0.114. The molecule has 0 saturated carbocycles. The van der Waals surface area contributed by atoms with Crippen molar-refractivity contribution in [2.45, 2.75) is 19.8 Å². The Balaban J connectivity index is 1.51. The van der Waals surface area contributed by atoms with Crippen LogP contribution in [0.25, 0.3) is 0 Å². The zero-order valence-electron chi connectivity index (χ0n) is 13.4. The molecular formula is C17H27N3O2. The lowest BCUT2D eigenvalue weighted by Gasteiger charge is -2.27. The predicted octanol–water partition coefficient (Wildman–Crippen LogP) is 1.18. The van der Waals surface area contributed by atoms with Crippen molar-refractivity contribution in [2.24, 2.45) is 0 Å². The Bertz CT molecular complexity index is 459. The second-order valence-electron chi connectivity index (χ2n) is 5.66. The van der Waals surface area contributed by atoms with E-state index in [1.807, 2.05) is 31.2 Å². The largest absolute Gasteiger partial charge is 0.493 e. The van der Waals surface area contributed by atoms with Crippen LogP contribution < -0.4 is 15.4 Å². The number of aryl methyl sites for hydroxylation is 1. The number of hydrogen-bond acceptors (Lipinski definition) is 4. The summed E-state index contributed by atoms with van der Waals surface area (Å²) in [6.45, 7) is 8.51. The van der Waals surface area contributed by atoms with Gasteiger partial charge in [-0.1, -0.05) is 18.2 Å². The molecule has 1 amide bonds. The molecule has 0 radical (unpaired) electrons. The van der Waals surface area contributed by atoms with Crippen LogP contribution in [0, 0.1) is 6.92 Å². The molecule has 0 aromatic heterocycles. The number of rotatable bonds is 8. The topological polar surface area (TPSA) is 53.6 Å². The Morgan fingerprint density at radius 2 is 2.09 bits per heavy atom. The van der Waals surface area contributed by atoms with Crippen LogP contribution in [0.2, 0.25) is 0 Å². The lowest BCUT2D eigenvalue weighted by molar-refractivity contribution is -0.121. The third-order valence-electron chi connectivity index (χ3n) is 3.86. The van der Waals surface area contributed by atoms with Gasteiger partial charge in [0, 0.05) is 45.7 Å². The van der Waals surface area contributed by atoms with Crippen molar-refractivity contribution in [1.29, 1.82) is 0 Å². The Kier molecular flexibility index (Phi) is 7.19. The van der Waals surface area contributed by atoms with E-state index in [2.05, 4.69) is 15.5 Å². The molecule has 0 spiro atoms. The van der Waals surface area contributed by atoms with Crippen molar-refractivity contribution in [3.63, 3.8) is 0 Å². The quantitative estimate of drug-likeness (QED) is 0.708. The molecule has 1 saturated heterocycles. The summed E-state index contributed by atoms with van der Waals surface area (Å²) >= 11 is 0.